The fourth-order valence-corrected chi connectivity index (χ4v) is 3.38. The Morgan fingerprint density at radius 1 is 1.30 bits per heavy atom. The summed E-state index contributed by atoms with van der Waals surface area (Å²) in [6.45, 7) is 5.52. The molecule has 0 amide bonds. The molecule has 3 atom stereocenters. The quantitative estimate of drug-likeness (QED) is 0.855. The zero-order valence-electron chi connectivity index (χ0n) is 12.4. The van der Waals surface area contributed by atoms with Crippen LogP contribution in [0.3, 0.4) is 0 Å². The molecule has 3 unspecified atom stereocenters. The van der Waals surface area contributed by atoms with Crippen molar-refractivity contribution in [3.05, 3.63) is 21.9 Å². The highest BCUT2D eigenvalue weighted by Gasteiger charge is 2.24. The number of hydrogen-bond acceptors (Lipinski definition) is 3. The third kappa shape index (κ3) is 4.63. The smallest absolute Gasteiger partial charge is 0.0813 e. The predicted octanol–water partition coefficient (Wildman–Crippen LogP) is 3.82. The van der Waals surface area contributed by atoms with Crippen molar-refractivity contribution in [2.45, 2.75) is 52.2 Å². The molecule has 1 N–H and O–H groups in total. The fraction of sp³-hybridized carbons (Fsp3) is 0.647. The van der Waals surface area contributed by atoms with Crippen molar-refractivity contribution in [1.29, 1.82) is 0 Å². The van der Waals surface area contributed by atoms with Gasteiger partial charge in [0.25, 0.3) is 0 Å². The normalized spacial score (nSPS) is 26.1. The van der Waals surface area contributed by atoms with Crippen molar-refractivity contribution < 1.29 is 9.84 Å². The molecular weight excluding hydrogens is 268 g/mol. The van der Waals surface area contributed by atoms with E-state index in [0.29, 0.717) is 19.1 Å². The molecule has 0 saturated heterocycles. The Balaban J connectivity index is 1.79. The van der Waals surface area contributed by atoms with Crippen LogP contribution < -0.4 is 0 Å². The van der Waals surface area contributed by atoms with Crippen molar-refractivity contribution in [3.63, 3.8) is 0 Å². The standard InChI is InChI=1S/C17H24O2S/c1-13-6-7-15(11-14(13)2)19-12-17-9-8-16(20-17)5-3-4-10-18/h8-9,13-15,18H,4,6-7,10-12H2,1-2H3. The third-order valence-corrected chi connectivity index (χ3v) is 5.10. The molecule has 1 aliphatic rings. The maximum absolute atomic E-state index is 8.70. The Morgan fingerprint density at radius 3 is 2.90 bits per heavy atom. The van der Waals surface area contributed by atoms with Gasteiger partial charge >= 0.3 is 0 Å². The van der Waals surface area contributed by atoms with E-state index < -0.39 is 0 Å². The highest BCUT2D eigenvalue weighted by Crippen LogP contribution is 2.31. The molecular formula is C17H24O2S. The van der Waals surface area contributed by atoms with Crippen LogP contribution in [0.25, 0.3) is 0 Å². The third-order valence-electron chi connectivity index (χ3n) is 4.12. The summed E-state index contributed by atoms with van der Waals surface area (Å²) >= 11 is 1.69. The second kappa shape index (κ2) is 7.83. The van der Waals surface area contributed by atoms with Gasteiger partial charge in [-0.05, 0) is 43.2 Å². The molecule has 0 radical (unpaired) electrons. The fourth-order valence-electron chi connectivity index (χ4n) is 2.58. The molecule has 1 aromatic rings. The maximum Gasteiger partial charge on any atom is 0.0813 e. The van der Waals surface area contributed by atoms with Gasteiger partial charge in [0, 0.05) is 11.3 Å². The van der Waals surface area contributed by atoms with Crippen molar-refractivity contribution in [3.8, 4) is 11.8 Å². The number of aliphatic hydroxyl groups excluding tert-OH is 1. The minimum Gasteiger partial charge on any atom is -0.395 e. The van der Waals surface area contributed by atoms with Gasteiger partial charge in [0.05, 0.1) is 24.2 Å². The maximum atomic E-state index is 8.70. The first kappa shape index (κ1) is 15.6. The molecule has 1 aliphatic carbocycles. The van der Waals surface area contributed by atoms with Crippen LogP contribution in [0.2, 0.25) is 0 Å². The molecule has 0 aromatic carbocycles. The highest BCUT2D eigenvalue weighted by atomic mass is 32.1. The molecule has 2 rings (SSSR count). The lowest BCUT2D eigenvalue weighted by Crippen LogP contribution is -2.26. The predicted molar refractivity (Wildman–Crippen MR) is 83.7 cm³/mol. The van der Waals surface area contributed by atoms with Crippen LogP contribution in [0, 0.1) is 23.7 Å². The second-order valence-electron chi connectivity index (χ2n) is 5.74. The lowest BCUT2D eigenvalue weighted by molar-refractivity contribution is -0.00633. The molecule has 110 valence electrons. The van der Waals surface area contributed by atoms with Crippen molar-refractivity contribution in [2.75, 3.05) is 6.61 Å². The summed E-state index contributed by atoms with van der Waals surface area (Å²) in [6.07, 6.45) is 4.64. The molecule has 1 aromatic heterocycles. The average molecular weight is 292 g/mol. The molecule has 0 spiro atoms. The van der Waals surface area contributed by atoms with Crippen molar-refractivity contribution >= 4 is 11.3 Å². The van der Waals surface area contributed by atoms with E-state index in [4.69, 9.17) is 9.84 Å². The first-order valence-electron chi connectivity index (χ1n) is 7.49. The molecule has 2 nitrogen and oxygen atoms in total. The Bertz CT molecular complexity index is 469. The van der Waals surface area contributed by atoms with Gasteiger partial charge in [0.1, 0.15) is 0 Å². The molecule has 1 fully saturated rings. The summed E-state index contributed by atoms with van der Waals surface area (Å²) in [6, 6.07) is 4.14. The number of aliphatic hydroxyl groups is 1. The van der Waals surface area contributed by atoms with Crippen LogP contribution in [-0.4, -0.2) is 17.8 Å². The van der Waals surface area contributed by atoms with Gasteiger partial charge in [-0.2, -0.15) is 0 Å². The van der Waals surface area contributed by atoms with E-state index in [1.54, 1.807) is 11.3 Å². The number of ether oxygens (including phenoxy) is 1. The summed E-state index contributed by atoms with van der Waals surface area (Å²) in [7, 11) is 0. The van der Waals surface area contributed by atoms with Crippen molar-refractivity contribution in [2.24, 2.45) is 11.8 Å². The van der Waals surface area contributed by atoms with E-state index in [2.05, 4.69) is 31.8 Å². The first-order valence-corrected chi connectivity index (χ1v) is 8.30. The molecule has 0 bridgehead atoms. The van der Waals surface area contributed by atoms with Gasteiger partial charge in [-0.25, -0.2) is 0 Å². The van der Waals surface area contributed by atoms with Gasteiger partial charge in [-0.1, -0.05) is 25.7 Å². The van der Waals surface area contributed by atoms with E-state index in [9.17, 15) is 0 Å². The van der Waals surface area contributed by atoms with Gasteiger partial charge in [-0.15, -0.1) is 11.3 Å². The van der Waals surface area contributed by atoms with E-state index in [-0.39, 0.29) is 6.61 Å². The van der Waals surface area contributed by atoms with Crippen LogP contribution >= 0.6 is 11.3 Å². The number of rotatable bonds is 4. The number of thiophene rings is 1. The van der Waals surface area contributed by atoms with E-state index in [0.717, 1.165) is 16.7 Å². The molecule has 0 aliphatic heterocycles. The monoisotopic (exact) mass is 292 g/mol. The summed E-state index contributed by atoms with van der Waals surface area (Å²) < 4.78 is 6.05. The van der Waals surface area contributed by atoms with Crippen LogP contribution in [-0.2, 0) is 11.3 Å². The van der Waals surface area contributed by atoms with Gasteiger partial charge in [0.2, 0.25) is 0 Å². The Kier molecular flexibility index (Phi) is 6.09. The largest absolute Gasteiger partial charge is 0.395 e. The second-order valence-corrected chi connectivity index (χ2v) is 6.91. The highest BCUT2D eigenvalue weighted by molar-refractivity contribution is 7.12. The lowest BCUT2D eigenvalue weighted by atomic mass is 9.80. The topological polar surface area (TPSA) is 29.5 Å². The average Bonchev–Trinajstić information content (AvgIpc) is 2.88. The van der Waals surface area contributed by atoms with Gasteiger partial charge < -0.3 is 9.84 Å². The Morgan fingerprint density at radius 2 is 2.15 bits per heavy atom. The van der Waals surface area contributed by atoms with Gasteiger partial charge in [-0.3, -0.25) is 0 Å². The minimum absolute atomic E-state index is 0.132. The Labute approximate surface area is 126 Å². The number of hydrogen-bond donors (Lipinski definition) is 1. The van der Waals surface area contributed by atoms with Crippen LogP contribution in [0.4, 0.5) is 0 Å². The first-order chi connectivity index (χ1) is 9.69. The molecule has 20 heavy (non-hydrogen) atoms. The van der Waals surface area contributed by atoms with Gasteiger partial charge in [0.15, 0.2) is 0 Å². The van der Waals surface area contributed by atoms with Crippen LogP contribution in [0.15, 0.2) is 12.1 Å². The van der Waals surface area contributed by atoms with E-state index in [1.807, 2.05) is 6.07 Å². The van der Waals surface area contributed by atoms with E-state index >= 15 is 0 Å². The lowest BCUT2D eigenvalue weighted by Gasteiger charge is -2.31. The SMILES string of the molecule is CC1CCC(OCc2ccc(C#CCCO)s2)CC1C. The van der Waals surface area contributed by atoms with Crippen molar-refractivity contribution in [1.82, 2.24) is 0 Å². The summed E-state index contributed by atoms with van der Waals surface area (Å²) in [5, 5.41) is 8.70. The molecule has 3 heteroatoms. The summed E-state index contributed by atoms with van der Waals surface area (Å²) in [5.74, 6) is 7.63. The summed E-state index contributed by atoms with van der Waals surface area (Å²) in [4.78, 5) is 2.30. The minimum atomic E-state index is 0.132. The van der Waals surface area contributed by atoms with Crippen LogP contribution in [0.5, 0.6) is 0 Å². The van der Waals surface area contributed by atoms with E-state index in [1.165, 1.54) is 24.1 Å². The molecule has 1 saturated carbocycles. The van der Waals surface area contributed by atoms with Crippen LogP contribution in [0.1, 0.15) is 49.3 Å². The zero-order chi connectivity index (χ0) is 14.4. The summed E-state index contributed by atoms with van der Waals surface area (Å²) in [5.41, 5.74) is 0. The Hall–Kier alpha value is -0.820. The molecule has 1 heterocycles. The zero-order valence-corrected chi connectivity index (χ0v) is 13.2.